The molecule has 6 heteroatoms. The molecule has 1 aromatic heterocycles. The summed E-state index contributed by atoms with van der Waals surface area (Å²) >= 11 is 0. The van der Waals surface area contributed by atoms with Crippen molar-refractivity contribution in [2.75, 3.05) is 6.54 Å². The summed E-state index contributed by atoms with van der Waals surface area (Å²) in [6, 6.07) is 17.2. The quantitative estimate of drug-likeness (QED) is 0.698. The number of carbonyl (C=O) groups excluding carboxylic acids is 1. The van der Waals surface area contributed by atoms with Crippen molar-refractivity contribution in [2.45, 2.75) is 32.4 Å². The Morgan fingerprint density at radius 1 is 1.10 bits per heavy atom. The van der Waals surface area contributed by atoms with E-state index >= 15 is 0 Å². The highest BCUT2D eigenvalue weighted by atomic mass is 16.5. The summed E-state index contributed by atoms with van der Waals surface area (Å²) in [5, 5.41) is 11.5. The number of furan rings is 1. The van der Waals surface area contributed by atoms with E-state index in [9.17, 15) is 14.7 Å². The maximum Gasteiger partial charge on any atom is 0.308 e. The molecular formula is C23H23NO5. The van der Waals surface area contributed by atoms with Crippen molar-refractivity contribution in [1.29, 1.82) is 0 Å². The second kappa shape index (κ2) is 7.99. The number of carboxylic acid groups (broad SMARTS) is 1. The number of rotatable bonds is 5. The number of carbonyl (C=O) groups is 2. The molecule has 150 valence electrons. The largest absolute Gasteiger partial charge is 0.486 e. The summed E-state index contributed by atoms with van der Waals surface area (Å²) in [5.74, 6) is -0.192. The summed E-state index contributed by atoms with van der Waals surface area (Å²) < 4.78 is 11.5. The number of hydrogen-bond acceptors (Lipinski definition) is 4. The van der Waals surface area contributed by atoms with E-state index in [0.717, 1.165) is 16.5 Å². The maximum atomic E-state index is 12.8. The summed E-state index contributed by atoms with van der Waals surface area (Å²) in [6.07, 6.45) is 1.25. The summed E-state index contributed by atoms with van der Waals surface area (Å²) in [6.45, 7) is 2.35. The van der Waals surface area contributed by atoms with Crippen molar-refractivity contribution >= 4 is 22.6 Å². The molecule has 1 saturated heterocycles. The number of aliphatic carboxylic acids is 1. The molecule has 1 fully saturated rings. The van der Waals surface area contributed by atoms with Crippen molar-refractivity contribution in [1.82, 2.24) is 4.90 Å². The van der Waals surface area contributed by atoms with Gasteiger partial charge in [0, 0.05) is 12.6 Å². The highest BCUT2D eigenvalue weighted by Crippen LogP contribution is 2.25. The Bertz CT molecular complexity index is 1040. The van der Waals surface area contributed by atoms with Crippen LogP contribution in [0.15, 0.2) is 59.0 Å². The van der Waals surface area contributed by atoms with Gasteiger partial charge in [-0.05, 0) is 54.8 Å². The fourth-order valence-electron chi connectivity index (χ4n) is 3.72. The lowest BCUT2D eigenvalue weighted by Crippen LogP contribution is -2.47. The fourth-order valence-corrected chi connectivity index (χ4v) is 3.72. The molecule has 0 radical (unpaired) electrons. The molecule has 2 aromatic carbocycles. The number of benzene rings is 2. The maximum absolute atomic E-state index is 12.8. The number of carboxylic acids is 1. The van der Waals surface area contributed by atoms with E-state index < -0.39 is 11.9 Å². The lowest BCUT2D eigenvalue weighted by molar-refractivity contribution is -0.143. The molecule has 1 aliphatic heterocycles. The average molecular weight is 393 g/mol. The third kappa shape index (κ3) is 4.11. The van der Waals surface area contributed by atoms with Crippen LogP contribution in [0.1, 0.15) is 36.1 Å². The number of nitrogens with zero attached hydrogens (tertiary/aromatic N) is 1. The van der Waals surface area contributed by atoms with Gasteiger partial charge in [-0.25, -0.2) is 0 Å². The van der Waals surface area contributed by atoms with Crippen LogP contribution in [-0.2, 0) is 11.4 Å². The lowest BCUT2D eigenvalue weighted by atomic mass is 9.93. The van der Waals surface area contributed by atoms with Gasteiger partial charge in [0.05, 0.1) is 5.92 Å². The van der Waals surface area contributed by atoms with Crippen LogP contribution in [0, 0.1) is 5.92 Å². The molecule has 3 aromatic rings. The highest BCUT2D eigenvalue weighted by molar-refractivity contribution is 5.92. The SMILES string of the molecule is CC1CCC(C(=O)O)CN1C(=O)c1ccc(COc2ccc3ccccc3c2)o1. The van der Waals surface area contributed by atoms with Gasteiger partial charge in [0.25, 0.3) is 5.91 Å². The van der Waals surface area contributed by atoms with Crippen LogP contribution >= 0.6 is 0 Å². The van der Waals surface area contributed by atoms with Crippen molar-refractivity contribution in [3.8, 4) is 5.75 Å². The van der Waals surface area contributed by atoms with Crippen molar-refractivity contribution in [3.63, 3.8) is 0 Å². The van der Waals surface area contributed by atoms with Crippen LogP contribution in [0.5, 0.6) is 5.75 Å². The molecule has 0 spiro atoms. The number of piperidine rings is 1. The van der Waals surface area contributed by atoms with Crippen LogP contribution in [0.3, 0.4) is 0 Å². The normalized spacial score (nSPS) is 19.3. The van der Waals surface area contributed by atoms with Gasteiger partial charge in [0.1, 0.15) is 18.1 Å². The van der Waals surface area contributed by atoms with Gasteiger partial charge in [-0.1, -0.05) is 30.3 Å². The van der Waals surface area contributed by atoms with E-state index in [1.807, 2.05) is 49.4 Å². The van der Waals surface area contributed by atoms with E-state index in [0.29, 0.717) is 18.6 Å². The highest BCUT2D eigenvalue weighted by Gasteiger charge is 2.34. The van der Waals surface area contributed by atoms with E-state index in [1.165, 1.54) is 0 Å². The van der Waals surface area contributed by atoms with Gasteiger partial charge in [-0.3, -0.25) is 9.59 Å². The third-order valence-corrected chi connectivity index (χ3v) is 5.47. The molecule has 2 heterocycles. The monoisotopic (exact) mass is 393 g/mol. The van der Waals surface area contributed by atoms with E-state index in [4.69, 9.17) is 9.15 Å². The second-order valence-corrected chi connectivity index (χ2v) is 7.48. The average Bonchev–Trinajstić information content (AvgIpc) is 3.21. The van der Waals surface area contributed by atoms with Gasteiger partial charge >= 0.3 is 5.97 Å². The number of amides is 1. The smallest absolute Gasteiger partial charge is 0.308 e. The molecule has 2 atom stereocenters. The molecule has 6 nitrogen and oxygen atoms in total. The van der Waals surface area contributed by atoms with Gasteiger partial charge in [-0.15, -0.1) is 0 Å². The first-order valence-corrected chi connectivity index (χ1v) is 9.75. The van der Waals surface area contributed by atoms with Gasteiger partial charge in [0.15, 0.2) is 5.76 Å². The van der Waals surface area contributed by atoms with Crippen molar-refractivity contribution in [2.24, 2.45) is 5.92 Å². The van der Waals surface area contributed by atoms with Crippen molar-refractivity contribution < 1.29 is 23.8 Å². The van der Waals surface area contributed by atoms with Crippen LogP contribution in [-0.4, -0.2) is 34.5 Å². The lowest BCUT2D eigenvalue weighted by Gasteiger charge is -2.35. The molecular weight excluding hydrogens is 370 g/mol. The number of ether oxygens (including phenoxy) is 1. The summed E-state index contributed by atoms with van der Waals surface area (Å²) in [4.78, 5) is 25.7. The van der Waals surface area contributed by atoms with Gasteiger partial charge < -0.3 is 19.2 Å². The molecule has 0 bridgehead atoms. The van der Waals surface area contributed by atoms with Crippen LogP contribution in [0.4, 0.5) is 0 Å². The summed E-state index contributed by atoms with van der Waals surface area (Å²) in [5.41, 5.74) is 0. The molecule has 0 saturated carbocycles. The van der Waals surface area contributed by atoms with Crippen LogP contribution < -0.4 is 4.74 Å². The number of fused-ring (bicyclic) bond motifs is 1. The third-order valence-electron chi connectivity index (χ3n) is 5.47. The predicted molar refractivity (Wildman–Crippen MR) is 108 cm³/mol. The Morgan fingerprint density at radius 3 is 2.69 bits per heavy atom. The first kappa shape index (κ1) is 19.1. The zero-order valence-electron chi connectivity index (χ0n) is 16.2. The van der Waals surface area contributed by atoms with E-state index in [1.54, 1.807) is 17.0 Å². The molecule has 1 aliphatic rings. The molecule has 1 N–H and O–H groups in total. The predicted octanol–water partition coefficient (Wildman–Crippen LogP) is 4.34. The Morgan fingerprint density at radius 2 is 1.90 bits per heavy atom. The van der Waals surface area contributed by atoms with Crippen LogP contribution in [0.25, 0.3) is 10.8 Å². The number of hydrogen-bond donors (Lipinski definition) is 1. The molecule has 29 heavy (non-hydrogen) atoms. The fraction of sp³-hybridized carbons (Fsp3) is 0.304. The second-order valence-electron chi connectivity index (χ2n) is 7.48. The molecule has 1 amide bonds. The van der Waals surface area contributed by atoms with Crippen molar-refractivity contribution in [3.05, 3.63) is 66.1 Å². The van der Waals surface area contributed by atoms with E-state index in [2.05, 4.69) is 0 Å². The minimum atomic E-state index is -0.862. The van der Waals surface area contributed by atoms with E-state index in [-0.39, 0.29) is 30.9 Å². The number of likely N-dealkylation sites (tertiary alicyclic amines) is 1. The molecule has 0 aliphatic carbocycles. The first-order valence-electron chi connectivity index (χ1n) is 9.75. The zero-order valence-corrected chi connectivity index (χ0v) is 16.2. The Kier molecular flexibility index (Phi) is 5.25. The minimum absolute atomic E-state index is 0.0134. The molecule has 4 rings (SSSR count). The zero-order chi connectivity index (χ0) is 20.4. The topological polar surface area (TPSA) is 80.0 Å². The van der Waals surface area contributed by atoms with Crippen LogP contribution in [0.2, 0.25) is 0 Å². The Labute approximate surface area is 168 Å². The first-order chi connectivity index (χ1) is 14.0. The molecule has 2 unspecified atom stereocenters. The minimum Gasteiger partial charge on any atom is -0.486 e. The summed E-state index contributed by atoms with van der Waals surface area (Å²) in [7, 11) is 0. The standard InChI is InChI=1S/C23H23NO5/c1-15-6-7-18(23(26)27)13-24(15)22(25)21-11-10-20(29-21)14-28-19-9-8-16-4-2-3-5-17(16)12-19/h2-5,8-12,15,18H,6-7,13-14H2,1H3,(H,26,27). The Balaban J connectivity index is 1.42. The van der Waals surface area contributed by atoms with Gasteiger partial charge in [0.2, 0.25) is 0 Å². The van der Waals surface area contributed by atoms with Gasteiger partial charge in [-0.2, -0.15) is 0 Å². The Hall–Kier alpha value is -3.28.